The monoisotopic (exact) mass is 304 g/mol. The maximum Gasteiger partial charge on any atom is 0.237 e. The molecule has 1 aliphatic rings. The van der Waals surface area contributed by atoms with Crippen molar-refractivity contribution in [2.24, 2.45) is 0 Å². The predicted octanol–water partition coefficient (Wildman–Crippen LogP) is 2.00. The first-order chi connectivity index (χ1) is 10.5. The quantitative estimate of drug-likeness (QED) is 0.845. The molecule has 0 bridgehead atoms. The molecule has 1 N–H and O–H groups in total. The van der Waals surface area contributed by atoms with Crippen molar-refractivity contribution in [3.63, 3.8) is 0 Å². The zero-order chi connectivity index (χ0) is 16.1. The van der Waals surface area contributed by atoms with E-state index in [1.165, 1.54) is 0 Å². The summed E-state index contributed by atoms with van der Waals surface area (Å²) in [6.45, 7) is 2.88. The molecule has 0 aromatic heterocycles. The maximum absolute atomic E-state index is 12.1. The number of benzene rings is 1. The maximum atomic E-state index is 12.1. The molecule has 5 heteroatoms. The van der Waals surface area contributed by atoms with E-state index in [0.717, 1.165) is 37.1 Å². The molecule has 1 aromatic rings. The van der Waals surface area contributed by atoms with Crippen LogP contribution in [0.15, 0.2) is 18.2 Å². The summed E-state index contributed by atoms with van der Waals surface area (Å²) in [5, 5.41) is 2.95. The van der Waals surface area contributed by atoms with Gasteiger partial charge in [0.15, 0.2) is 5.78 Å². The number of Topliss-reactive ketones (excluding diaryl/α,β-unsaturated/α-hetero) is 1. The third kappa shape index (κ3) is 3.85. The average molecular weight is 304 g/mol. The van der Waals surface area contributed by atoms with Crippen LogP contribution in [0.4, 0.5) is 0 Å². The molecule has 2 rings (SSSR count). The summed E-state index contributed by atoms with van der Waals surface area (Å²) in [7, 11) is 3.56. The van der Waals surface area contributed by atoms with Gasteiger partial charge < -0.3 is 10.1 Å². The predicted molar refractivity (Wildman–Crippen MR) is 85.1 cm³/mol. The lowest BCUT2D eigenvalue weighted by molar-refractivity contribution is -0.125. The van der Waals surface area contributed by atoms with Crippen molar-refractivity contribution in [1.29, 1.82) is 0 Å². The van der Waals surface area contributed by atoms with Gasteiger partial charge in [-0.2, -0.15) is 0 Å². The van der Waals surface area contributed by atoms with Gasteiger partial charge in [0.05, 0.1) is 13.2 Å². The lowest BCUT2D eigenvalue weighted by atomic mass is 10.0. The lowest BCUT2D eigenvalue weighted by Gasteiger charge is -2.26. The molecular formula is C17H24N2O3. The number of carbonyl (C=O) groups is 2. The third-order valence-corrected chi connectivity index (χ3v) is 4.14. The molecular weight excluding hydrogens is 280 g/mol. The van der Waals surface area contributed by atoms with Crippen LogP contribution in [0.2, 0.25) is 0 Å². The van der Waals surface area contributed by atoms with Gasteiger partial charge in [-0.3, -0.25) is 14.5 Å². The van der Waals surface area contributed by atoms with Crippen molar-refractivity contribution in [2.45, 2.75) is 38.8 Å². The van der Waals surface area contributed by atoms with Gasteiger partial charge >= 0.3 is 0 Å². The standard InChI is InChI=1S/C17H24N2O3/c1-12(20)13-7-8-16(22-3)14(10-13)11-19(2)15-6-4-5-9-18-17(15)21/h7-8,10,15H,4-6,9,11H2,1-3H3,(H,18,21)/t15-/m1/s1. The van der Waals surface area contributed by atoms with Crippen molar-refractivity contribution < 1.29 is 14.3 Å². The van der Waals surface area contributed by atoms with Crippen LogP contribution in [-0.2, 0) is 11.3 Å². The zero-order valence-electron chi connectivity index (χ0n) is 13.5. The second-order valence-corrected chi connectivity index (χ2v) is 5.80. The van der Waals surface area contributed by atoms with Crippen LogP contribution in [0.25, 0.3) is 0 Å². The molecule has 0 radical (unpaired) electrons. The van der Waals surface area contributed by atoms with Crippen LogP contribution in [0.1, 0.15) is 42.1 Å². The Labute approximate surface area is 131 Å². The molecule has 1 fully saturated rings. The van der Waals surface area contributed by atoms with Crippen molar-refractivity contribution in [3.05, 3.63) is 29.3 Å². The molecule has 120 valence electrons. The SMILES string of the molecule is COc1ccc(C(C)=O)cc1CN(C)[C@@H]1CCCCNC1=O. The lowest BCUT2D eigenvalue weighted by Crippen LogP contribution is -2.43. The summed E-state index contributed by atoms with van der Waals surface area (Å²) in [5.41, 5.74) is 1.59. The smallest absolute Gasteiger partial charge is 0.237 e. The summed E-state index contributed by atoms with van der Waals surface area (Å²) < 4.78 is 5.38. The first kappa shape index (κ1) is 16.5. The number of likely N-dealkylation sites (N-methyl/N-ethyl adjacent to an activating group) is 1. The third-order valence-electron chi connectivity index (χ3n) is 4.14. The highest BCUT2D eigenvalue weighted by Gasteiger charge is 2.25. The van der Waals surface area contributed by atoms with E-state index in [0.29, 0.717) is 12.1 Å². The Morgan fingerprint density at radius 3 is 2.86 bits per heavy atom. The van der Waals surface area contributed by atoms with Crippen molar-refractivity contribution in [3.8, 4) is 5.75 Å². The largest absolute Gasteiger partial charge is 0.496 e. The van der Waals surface area contributed by atoms with Gasteiger partial charge in [-0.15, -0.1) is 0 Å². The molecule has 1 aromatic carbocycles. The number of hydrogen-bond acceptors (Lipinski definition) is 4. The Hall–Kier alpha value is -1.88. The van der Waals surface area contributed by atoms with E-state index in [1.54, 1.807) is 20.1 Å². The minimum atomic E-state index is -0.131. The Morgan fingerprint density at radius 2 is 2.18 bits per heavy atom. The number of rotatable bonds is 5. The molecule has 22 heavy (non-hydrogen) atoms. The summed E-state index contributed by atoms with van der Waals surface area (Å²) >= 11 is 0. The number of methoxy groups -OCH3 is 1. The van der Waals surface area contributed by atoms with Crippen LogP contribution >= 0.6 is 0 Å². The summed E-state index contributed by atoms with van der Waals surface area (Å²) in [6.07, 6.45) is 2.93. The molecule has 1 atom stereocenters. The molecule has 0 spiro atoms. The van der Waals surface area contributed by atoms with Crippen LogP contribution in [0.3, 0.4) is 0 Å². The van der Waals surface area contributed by atoms with E-state index in [1.807, 2.05) is 24.1 Å². The van der Waals surface area contributed by atoms with Crippen LogP contribution in [-0.4, -0.2) is 43.3 Å². The van der Waals surface area contributed by atoms with E-state index in [9.17, 15) is 9.59 Å². The Bertz CT molecular complexity index is 557. The van der Waals surface area contributed by atoms with Gasteiger partial charge in [0.2, 0.25) is 5.91 Å². The molecule has 1 amide bonds. The van der Waals surface area contributed by atoms with Crippen LogP contribution in [0.5, 0.6) is 5.75 Å². The number of hydrogen-bond donors (Lipinski definition) is 1. The van der Waals surface area contributed by atoms with E-state index >= 15 is 0 Å². The van der Waals surface area contributed by atoms with Gasteiger partial charge in [0, 0.05) is 24.2 Å². The van der Waals surface area contributed by atoms with Crippen molar-refractivity contribution in [1.82, 2.24) is 10.2 Å². The number of ether oxygens (including phenoxy) is 1. The minimum Gasteiger partial charge on any atom is -0.496 e. The topological polar surface area (TPSA) is 58.6 Å². The van der Waals surface area contributed by atoms with E-state index < -0.39 is 0 Å². The highest BCUT2D eigenvalue weighted by Crippen LogP contribution is 2.23. The summed E-state index contributed by atoms with van der Waals surface area (Å²) in [4.78, 5) is 25.7. The molecule has 0 aliphatic carbocycles. The van der Waals surface area contributed by atoms with Crippen molar-refractivity contribution in [2.75, 3.05) is 20.7 Å². The zero-order valence-corrected chi connectivity index (χ0v) is 13.5. The second kappa shape index (κ2) is 7.40. The van der Waals surface area contributed by atoms with Gasteiger partial charge in [-0.1, -0.05) is 0 Å². The normalized spacial score (nSPS) is 18.7. The Kier molecular flexibility index (Phi) is 5.55. The molecule has 1 heterocycles. The fraction of sp³-hybridized carbons (Fsp3) is 0.529. The number of nitrogens with one attached hydrogen (secondary N) is 1. The second-order valence-electron chi connectivity index (χ2n) is 5.80. The van der Waals surface area contributed by atoms with Gasteiger partial charge in [-0.05, 0) is 51.4 Å². The van der Waals surface area contributed by atoms with E-state index in [2.05, 4.69) is 5.32 Å². The molecule has 1 saturated heterocycles. The van der Waals surface area contributed by atoms with Crippen LogP contribution in [0, 0.1) is 0 Å². The molecule has 5 nitrogen and oxygen atoms in total. The average Bonchev–Trinajstić information content (AvgIpc) is 2.71. The minimum absolute atomic E-state index is 0.0266. The first-order valence-electron chi connectivity index (χ1n) is 7.68. The Morgan fingerprint density at radius 1 is 1.41 bits per heavy atom. The molecule has 0 unspecified atom stereocenters. The number of amides is 1. The highest BCUT2D eigenvalue weighted by molar-refractivity contribution is 5.94. The summed E-state index contributed by atoms with van der Waals surface area (Å²) in [6, 6.07) is 5.30. The fourth-order valence-corrected chi connectivity index (χ4v) is 2.84. The van der Waals surface area contributed by atoms with Crippen LogP contribution < -0.4 is 10.1 Å². The van der Waals surface area contributed by atoms with E-state index in [-0.39, 0.29) is 17.7 Å². The number of ketones is 1. The molecule has 0 saturated carbocycles. The number of carbonyl (C=O) groups excluding carboxylic acids is 2. The highest BCUT2D eigenvalue weighted by atomic mass is 16.5. The van der Waals surface area contributed by atoms with Gasteiger partial charge in [-0.25, -0.2) is 0 Å². The summed E-state index contributed by atoms with van der Waals surface area (Å²) in [5.74, 6) is 0.853. The van der Waals surface area contributed by atoms with Gasteiger partial charge in [0.25, 0.3) is 0 Å². The molecule has 1 aliphatic heterocycles. The van der Waals surface area contributed by atoms with Crippen molar-refractivity contribution >= 4 is 11.7 Å². The number of nitrogens with zero attached hydrogens (tertiary/aromatic N) is 1. The fourth-order valence-electron chi connectivity index (χ4n) is 2.84. The van der Waals surface area contributed by atoms with E-state index in [4.69, 9.17) is 4.74 Å². The first-order valence-corrected chi connectivity index (χ1v) is 7.68. The van der Waals surface area contributed by atoms with Gasteiger partial charge in [0.1, 0.15) is 5.75 Å². The Balaban J connectivity index is 2.18.